The zero-order chi connectivity index (χ0) is 19.3. The summed E-state index contributed by atoms with van der Waals surface area (Å²) in [6.45, 7) is 1.65. The minimum atomic E-state index is -0.764. The predicted molar refractivity (Wildman–Crippen MR) is 101 cm³/mol. The molecule has 136 valence electrons. The molecule has 0 saturated heterocycles. The largest absolute Gasteiger partial charge is 0.333 e. The molecule has 0 fully saturated rings. The summed E-state index contributed by atoms with van der Waals surface area (Å²) in [4.78, 5) is 25.3. The maximum absolute atomic E-state index is 13.5. The van der Waals surface area contributed by atoms with E-state index < -0.39 is 17.5 Å². The van der Waals surface area contributed by atoms with Gasteiger partial charge in [-0.05, 0) is 48.9 Å². The van der Waals surface area contributed by atoms with Gasteiger partial charge in [0.25, 0.3) is 0 Å². The average molecular weight is 423 g/mol. The topological polar surface area (TPSA) is 49.4 Å². The van der Waals surface area contributed by atoms with Crippen LogP contribution in [0.3, 0.4) is 0 Å². The Morgan fingerprint density at radius 2 is 1.85 bits per heavy atom. The fraction of sp³-hybridized carbons (Fsp3) is 0.158. The summed E-state index contributed by atoms with van der Waals surface area (Å²) in [5, 5.41) is 2.72. The van der Waals surface area contributed by atoms with Crippen LogP contribution in [0.2, 0.25) is 0 Å². The van der Waals surface area contributed by atoms with Crippen molar-refractivity contribution in [2.75, 3.05) is 18.9 Å². The van der Waals surface area contributed by atoms with Gasteiger partial charge in [0.15, 0.2) is 0 Å². The van der Waals surface area contributed by atoms with Gasteiger partial charge in [-0.2, -0.15) is 0 Å². The van der Waals surface area contributed by atoms with Crippen molar-refractivity contribution >= 4 is 39.5 Å². The molecule has 0 spiro atoms. The molecule has 0 heterocycles. The lowest BCUT2D eigenvalue weighted by Crippen LogP contribution is -2.34. The number of likely N-dealkylation sites (N-methyl/N-ethyl adjacent to an activating group) is 1. The summed E-state index contributed by atoms with van der Waals surface area (Å²) in [6, 6.07) is 8.85. The molecule has 0 radical (unpaired) electrons. The lowest BCUT2D eigenvalue weighted by atomic mass is 10.2. The molecule has 0 atom stereocenters. The predicted octanol–water partition coefficient (Wildman–Crippen LogP) is 4.15. The van der Waals surface area contributed by atoms with Crippen LogP contribution in [-0.2, 0) is 9.59 Å². The summed E-state index contributed by atoms with van der Waals surface area (Å²) < 4.78 is 28.0. The van der Waals surface area contributed by atoms with Crippen molar-refractivity contribution in [1.29, 1.82) is 0 Å². The fourth-order valence-electron chi connectivity index (χ4n) is 2.20. The maximum atomic E-state index is 13.5. The number of nitrogens with one attached hydrogen (secondary N) is 1. The Morgan fingerprint density at radius 1 is 1.19 bits per heavy atom. The van der Waals surface area contributed by atoms with Gasteiger partial charge in [0.05, 0.1) is 6.54 Å². The minimum Gasteiger partial charge on any atom is -0.333 e. The number of carbonyl (C=O) groups excluding carboxylic acids is 2. The highest BCUT2D eigenvalue weighted by Crippen LogP contribution is 2.20. The first-order chi connectivity index (χ1) is 12.3. The van der Waals surface area contributed by atoms with Crippen molar-refractivity contribution in [1.82, 2.24) is 4.90 Å². The number of aryl methyl sites for hydroxylation is 1. The summed E-state index contributed by atoms with van der Waals surface area (Å²) in [5.74, 6) is -2.45. The number of nitrogens with zero attached hydrogens (tertiary/aromatic N) is 1. The van der Waals surface area contributed by atoms with Gasteiger partial charge < -0.3 is 10.2 Å². The number of hydrogen-bond acceptors (Lipinski definition) is 2. The SMILES string of the molecule is Cc1cc(Br)ccc1NC(=O)CN(C)C(=O)/C=C/c1c(F)cccc1F. The highest BCUT2D eigenvalue weighted by atomic mass is 79.9. The first kappa shape index (κ1) is 19.8. The second-order valence-corrected chi connectivity index (χ2v) is 6.59. The lowest BCUT2D eigenvalue weighted by Gasteiger charge is -2.15. The zero-order valence-electron chi connectivity index (χ0n) is 14.2. The molecule has 0 aromatic heterocycles. The van der Waals surface area contributed by atoms with Crippen LogP contribution >= 0.6 is 15.9 Å². The average Bonchev–Trinajstić information content (AvgIpc) is 2.56. The van der Waals surface area contributed by atoms with Crippen LogP contribution in [-0.4, -0.2) is 30.3 Å². The minimum absolute atomic E-state index is 0.196. The second kappa shape index (κ2) is 8.71. The monoisotopic (exact) mass is 422 g/mol. The molecule has 0 bridgehead atoms. The molecule has 0 unspecified atom stereocenters. The Morgan fingerprint density at radius 3 is 2.46 bits per heavy atom. The molecule has 2 rings (SSSR count). The van der Waals surface area contributed by atoms with E-state index in [0.29, 0.717) is 5.69 Å². The maximum Gasteiger partial charge on any atom is 0.246 e. The Labute approximate surface area is 158 Å². The van der Waals surface area contributed by atoms with E-state index in [2.05, 4.69) is 21.2 Å². The second-order valence-electron chi connectivity index (χ2n) is 5.67. The van der Waals surface area contributed by atoms with E-state index >= 15 is 0 Å². The van der Waals surface area contributed by atoms with Crippen molar-refractivity contribution in [2.24, 2.45) is 0 Å². The number of rotatable bonds is 5. The van der Waals surface area contributed by atoms with E-state index in [1.165, 1.54) is 13.1 Å². The first-order valence-corrected chi connectivity index (χ1v) is 8.50. The number of carbonyl (C=O) groups is 2. The third kappa shape index (κ3) is 5.23. The van der Waals surface area contributed by atoms with Crippen LogP contribution in [0, 0.1) is 18.6 Å². The highest BCUT2D eigenvalue weighted by Gasteiger charge is 2.12. The van der Waals surface area contributed by atoms with E-state index in [0.717, 1.165) is 39.2 Å². The molecular weight excluding hydrogens is 406 g/mol. The van der Waals surface area contributed by atoms with E-state index in [4.69, 9.17) is 0 Å². The molecule has 2 aromatic rings. The van der Waals surface area contributed by atoms with Gasteiger partial charge in [-0.1, -0.05) is 22.0 Å². The van der Waals surface area contributed by atoms with Crippen LogP contribution in [0.15, 0.2) is 46.9 Å². The Bertz CT molecular complexity index is 848. The van der Waals surface area contributed by atoms with Gasteiger partial charge in [-0.15, -0.1) is 0 Å². The van der Waals surface area contributed by atoms with E-state index in [1.54, 1.807) is 12.1 Å². The van der Waals surface area contributed by atoms with Crippen molar-refractivity contribution < 1.29 is 18.4 Å². The van der Waals surface area contributed by atoms with Crippen molar-refractivity contribution in [2.45, 2.75) is 6.92 Å². The molecule has 2 amide bonds. The smallest absolute Gasteiger partial charge is 0.246 e. The number of amides is 2. The number of benzene rings is 2. The number of anilines is 1. The highest BCUT2D eigenvalue weighted by molar-refractivity contribution is 9.10. The van der Waals surface area contributed by atoms with Crippen LogP contribution in [0.25, 0.3) is 6.08 Å². The Hall–Kier alpha value is -2.54. The zero-order valence-corrected chi connectivity index (χ0v) is 15.8. The standard InChI is InChI=1S/C19H17BrF2N2O2/c1-12-10-13(20)6-8-17(12)23-18(25)11-24(2)19(26)9-7-14-15(21)4-3-5-16(14)22/h3-10H,11H2,1-2H3,(H,23,25)/b9-7+. The van der Waals surface area contributed by atoms with Gasteiger partial charge >= 0.3 is 0 Å². The normalized spacial score (nSPS) is 10.8. The van der Waals surface area contributed by atoms with Crippen molar-refractivity contribution in [3.05, 3.63) is 69.7 Å². The number of halogens is 3. The van der Waals surface area contributed by atoms with Gasteiger partial charge in [0.2, 0.25) is 11.8 Å². The Balaban J connectivity index is 1.98. The molecule has 1 N–H and O–H groups in total. The van der Waals surface area contributed by atoms with Gasteiger partial charge in [0.1, 0.15) is 11.6 Å². The van der Waals surface area contributed by atoms with E-state index in [9.17, 15) is 18.4 Å². The van der Waals surface area contributed by atoms with Crippen LogP contribution in [0.5, 0.6) is 0 Å². The summed E-state index contributed by atoms with van der Waals surface area (Å²) in [7, 11) is 1.43. The molecule has 0 aliphatic carbocycles. The molecule has 0 aliphatic heterocycles. The van der Waals surface area contributed by atoms with Gasteiger partial charge in [0, 0.05) is 28.8 Å². The summed E-state index contributed by atoms with van der Waals surface area (Å²) in [6.07, 6.45) is 2.08. The molecule has 7 heteroatoms. The Kier molecular flexibility index (Phi) is 6.63. The summed E-state index contributed by atoms with van der Waals surface area (Å²) in [5.41, 5.74) is 1.21. The third-order valence-electron chi connectivity index (χ3n) is 3.61. The number of hydrogen-bond donors (Lipinski definition) is 1. The lowest BCUT2D eigenvalue weighted by molar-refractivity contribution is -0.129. The van der Waals surface area contributed by atoms with Gasteiger partial charge in [-0.3, -0.25) is 9.59 Å². The molecule has 26 heavy (non-hydrogen) atoms. The van der Waals surface area contributed by atoms with Gasteiger partial charge in [-0.25, -0.2) is 8.78 Å². The molecule has 4 nitrogen and oxygen atoms in total. The van der Waals surface area contributed by atoms with E-state index in [1.807, 2.05) is 13.0 Å². The van der Waals surface area contributed by atoms with Crippen molar-refractivity contribution in [3.8, 4) is 0 Å². The van der Waals surface area contributed by atoms with E-state index in [-0.39, 0.29) is 18.0 Å². The molecule has 0 saturated carbocycles. The van der Waals surface area contributed by atoms with Crippen LogP contribution in [0.4, 0.5) is 14.5 Å². The quantitative estimate of drug-likeness (QED) is 0.735. The van der Waals surface area contributed by atoms with Crippen LogP contribution in [0.1, 0.15) is 11.1 Å². The molecule has 2 aromatic carbocycles. The molecular formula is C19H17BrF2N2O2. The molecule has 0 aliphatic rings. The summed E-state index contributed by atoms with van der Waals surface area (Å²) >= 11 is 3.34. The third-order valence-corrected chi connectivity index (χ3v) is 4.11. The van der Waals surface area contributed by atoms with Crippen molar-refractivity contribution in [3.63, 3.8) is 0 Å². The first-order valence-electron chi connectivity index (χ1n) is 7.71. The fourth-order valence-corrected chi connectivity index (χ4v) is 2.68. The van der Waals surface area contributed by atoms with Crippen LogP contribution < -0.4 is 5.32 Å².